The van der Waals surface area contributed by atoms with E-state index in [2.05, 4.69) is 15.5 Å². The number of aromatic nitrogens is 4. The van der Waals surface area contributed by atoms with Gasteiger partial charge in [0.1, 0.15) is 0 Å². The molecule has 1 aromatic carbocycles. The Kier molecular flexibility index (Phi) is 6.19. The fourth-order valence-electron chi connectivity index (χ4n) is 2.79. The number of nitrogens with zero attached hydrogens (tertiary/aromatic N) is 4. The molecule has 11 heteroatoms. The second kappa shape index (κ2) is 8.80. The second-order valence-corrected chi connectivity index (χ2v) is 6.51. The Hall–Kier alpha value is -3.63. The zero-order valence-electron chi connectivity index (χ0n) is 16.0. The highest BCUT2D eigenvalue weighted by molar-refractivity contribution is 6.39. The average Bonchev–Trinajstić information content (AvgIpc) is 3.36. The van der Waals surface area contributed by atoms with Crippen LogP contribution >= 0.6 is 0 Å². The predicted octanol–water partition coefficient (Wildman–Crippen LogP) is 2.31. The zero-order chi connectivity index (χ0) is 21.7. The maximum absolute atomic E-state index is 13.4. The molecule has 0 aliphatic heterocycles. The van der Waals surface area contributed by atoms with Crippen LogP contribution in [0.25, 0.3) is 5.69 Å². The van der Waals surface area contributed by atoms with Crippen molar-refractivity contribution in [1.29, 1.82) is 0 Å². The van der Waals surface area contributed by atoms with Gasteiger partial charge >= 0.3 is 18.0 Å². The summed E-state index contributed by atoms with van der Waals surface area (Å²) in [6, 6.07) is 4.88. The van der Waals surface area contributed by atoms with Crippen LogP contribution in [-0.2, 0) is 29.2 Å². The molecule has 0 aliphatic carbocycles. The lowest BCUT2D eigenvalue weighted by molar-refractivity contribution is -0.138. The van der Waals surface area contributed by atoms with Crippen LogP contribution in [0.2, 0.25) is 0 Å². The van der Waals surface area contributed by atoms with Gasteiger partial charge in [-0.25, -0.2) is 4.68 Å². The highest BCUT2D eigenvalue weighted by atomic mass is 19.4. The molecule has 2 N–H and O–H groups in total. The molecule has 2 heterocycles. The van der Waals surface area contributed by atoms with Gasteiger partial charge in [-0.15, -0.1) is 0 Å². The SMILES string of the molecule is Cn1cc(CCCNC(=O)C(=O)Nc2ccc(-n3cccn3)cc2C(F)(F)F)cn1. The Morgan fingerprint density at radius 3 is 2.60 bits per heavy atom. The van der Waals surface area contributed by atoms with Crippen molar-refractivity contribution in [2.24, 2.45) is 7.05 Å². The average molecular weight is 420 g/mol. The molecular formula is C19H19F3N6O2. The third kappa shape index (κ3) is 5.25. The summed E-state index contributed by atoms with van der Waals surface area (Å²) in [7, 11) is 1.78. The number of hydrogen-bond acceptors (Lipinski definition) is 4. The largest absolute Gasteiger partial charge is 0.418 e. The summed E-state index contributed by atoms with van der Waals surface area (Å²) in [6.45, 7) is 0.200. The van der Waals surface area contributed by atoms with E-state index in [0.29, 0.717) is 12.8 Å². The van der Waals surface area contributed by atoms with E-state index >= 15 is 0 Å². The summed E-state index contributed by atoms with van der Waals surface area (Å²) in [6.07, 6.45) is 2.92. The molecule has 3 aromatic rings. The van der Waals surface area contributed by atoms with E-state index < -0.39 is 29.2 Å². The van der Waals surface area contributed by atoms with Gasteiger partial charge in [0.15, 0.2) is 0 Å². The van der Waals surface area contributed by atoms with Crippen molar-refractivity contribution in [2.75, 3.05) is 11.9 Å². The number of carbonyl (C=O) groups is 2. The molecule has 0 saturated carbocycles. The quantitative estimate of drug-likeness (QED) is 0.473. The Balaban J connectivity index is 1.61. The van der Waals surface area contributed by atoms with Gasteiger partial charge in [0.05, 0.1) is 23.1 Å². The number of amides is 2. The van der Waals surface area contributed by atoms with Gasteiger partial charge in [-0.05, 0) is 42.7 Å². The molecule has 0 unspecified atom stereocenters. The minimum absolute atomic E-state index is 0.171. The number of carbonyl (C=O) groups excluding carboxylic acids is 2. The number of rotatable bonds is 6. The highest BCUT2D eigenvalue weighted by Crippen LogP contribution is 2.36. The lowest BCUT2D eigenvalue weighted by Gasteiger charge is -2.15. The van der Waals surface area contributed by atoms with Crippen LogP contribution in [0.4, 0.5) is 18.9 Å². The molecule has 0 spiro atoms. The van der Waals surface area contributed by atoms with Gasteiger partial charge in [0.25, 0.3) is 0 Å². The lowest BCUT2D eigenvalue weighted by Crippen LogP contribution is -2.36. The van der Waals surface area contributed by atoms with Crippen LogP contribution in [0, 0.1) is 0 Å². The van der Waals surface area contributed by atoms with E-state index in [0.717, 1.165) is 17.7 Å². The van der Waals surface area contributed by atoms with Gasteiger partial charge in [-0.3, -0.25) is 14.3 Å². The standard InChI is InChI=1S/C19H19F3N6O2/c1-27-12-13(11-25-27)4-2-7-23-17(29)18(30)26-16-6-5-14(28-9-3-8-24-28)10-15(16)19(20,21)22/h3,5-6,8-12H,2,4,7H2,1H3,(H,23,29)(H,26,30). The molecule has 0 bridgehead atoms. The molecule has 30 heavy (non-hydrogen) atoms. The fourth-order valence-corrected chi connectivity index (χ4v) is 2.79. The first-order valence-corrected chi connectivity index (χ1v) is 9.02. The van der Waals surface area contributed by atoms with Crippen molar-refractivity contribution in [2.45, 2.75) is 19.0 Å². The van der Waals surface area contributed by atoms with E-state index in [1.165, 1.54) is 23.1 Å². The van der Waals surface area contributed by atoms with Crippen molar-refractivity contribution in [3.8, 4) is 5.69 Å². The number of alkyl halides is 3. The summed E-state index contributed by atoms with van der Waals surface area (Å²) in [5.74, 6) is -2.18. The third-order valence-corrected chi connectivity index (χ3v) is 4.22. The number of nitrogens with one attached hydrogen (secondary N) is 2. The molecule has 0 saturated heterocycles. The van der Waals surface area contributed by atoms with Crippen LogP contribution in [0.5, 0.6) is 0 Å². The van der Waals surface area contributed by atoms with E-state index in [1.807, 2.05) is 11.5 Å². The Labute approximate surface area is 169 Å². The molecule has 158 valence electrons. The minimum Gasteiger partial charge on any atom is -0.348 e. The third-order valence-electron chi connectivity index (χ3n) is 4.22. The van der Waals surface area contributed by atoms with E-state index in [-0.39, 0.29) is 12.2 Å². The van der Waals surface area contributed by atoms with Crippen molar-refractivity contribution in [1.82, 2.24) is 24.9 Å². The molecule has 0 radical (unpaired) electrons. The van der Waals surface area contributed by atoms with Crippen LogP contribution < -0.4 is 10.6 Å². The number of aryl methyl sites for hydroxylation is 2. The van der Waals surface area contributed by atoms with Gasteiger partial charge in [0.2, 0.25) is 0 Å². The van der Waals surface area contributed by atoms with Gasteiger partial charge < -0.3 is 10.6 Å². The first kappa shape index (κ1) is 21.1. The number of anilines is 1. The van der Waals surface area contributed by atoms with Crippen molar-refractivity contribution in [3.05, 3.63) is 60.2 Å². The molecule has 0 aliphatic rings. The molecule has 0 fully saturated rings. The Bertz CT molecular complexity index is 1030. The maximum Gasteiger partial charge on any atom is 0.418 e. The van der Waals surface area contributed by atoms with Gasteiger partial charge in [0, 0.05) is 32.2 Å². The zero-order valence-corrected chi connectivity index (χ0v) is 16.0. The van der Waals surface area contributed by atoms with E-state index in [4.69, 9.17) is 0 Å². The van der Waals surface area contributed by atoms with E-state index in [1.54, 1.807) is 24.0 Å². The molecule has 8 nitrogen and oxygen atoms in total. The Morgan fingerprint density at radius 1 is 1.17 bits per heavy atom. The van der Waals surface area contributed by atoms with Crippen molar-refractivity contribution >= 4 is 17.5 Å². The highest BCUT2D eigenvalue weighted by Gasteiger charge is 2.35. The lowest BCUT2D eigenvalue weighted by atomic mass is 10.1. The normalized spacial score (nSPS) is 11.3. The maximum atomic E-state index is 13.4. The number of benzene rings is 1. The smallest absolute Gasteiger partial charge is 0.348 e. The molecule has 2 amide bonds. The first-order chi connectivity index (χ1) is 14.2. The second-order valence-electron chi connectivity index (χ2n) is 6.51. The summed E-state index contributed by atoms with van der Waals surface area (Å²) in [5.41, 5.74) is -0.435. The van der Waals surface area contributed by atoms with Gasteiger partial charge in [-0.1, -0.05) is 0 Å². The molecular weight excluding hydrogens is 401 g/mol. The van der Waals surface area contributed by atoms with E-state index in [9.17, 15) is 22.8 Å². The summed E-state index contributed by atoms with van der Waals surface area (Å²) in [4.78, 5) is 24.0. The minimum atomic E-state index is -4.73. The van der Waals surface area contributed by atoms with Crippen molar-refractivity contribution < 1.29 is 22.8 Å². The Morgan fingerprint density at radius 2 is 1.97 bits per heavy atom. The molecule has 3 rings (SSSR count). The predicted molar refractivity (Wildman–Crippen MR) is 102 cm³/mol. The molecule has 0 atom stereocenters. The topological polar surface area (TPSA) is 93.8 Å². The fraction of sp³-hybridized carbons (Fsp3) is 0.263. The summed E-state index contributed by atoms with van der Waals surface area (Å²) >= 11 is 0. The van der Waals surface area contributed by atoms with Crippen LogP contribution in [0.15, 0.2) is 49.1 Å². The summed E-state index contributed by atoms with van der Waals surface area (Å²) in [5, 5.41) is 12.3. The van der Waals surface area contributed by atoms with Crippen LogP contribution in [0.3, 0.4) is 0 Å². The number of hydrogen-bond donors (Lipinski definition) is 2. The molecule has 2 aromatic heterocycles. The summed E-state index contributed by atoms with van der Waals surface area (Å²) < 4.78 is 43.2. The van der Waals surface area contributed by atoms with Crippen LogP contribution in [-0.4, -0.2) is 37.9 Å². The van der Waals surface area contributed by atoms with Gasteiger partial charge in [-0.2, -0.15) is 23.4 Å². The first-order valence-electron chi connectivity index (χ1n) is 9.02. The van der Waals surface area contributed by atoms with Crippen molar-refractivity contribution in [3.63, 3.8) is 0 Å². The monoisotopic (exact) mass is 420 g/mol. The number of halogens is 3. The van der Waals surface area contributed by atoms with Crippen LogP contribution in [0.1, 0.15) is 17.5 Å².